The van der Waals surface area contributed by atoms with Gasteiger partial charge in [-0.15, -0.1) is 0 Å². The maximum atomic E-state index is 12.7. The van der Waals surface area contributed by atoms with E-state index in [1.54, 1.807) is 0 Å². The van der Waals surface area contributed by atoms with Crippen LogP contribution in [0.4, 0.5) is 0 Å². The molecule has 0 heterocycles. The number of ether oxygens (including phenoxy) is 3. The Hall–Kier alpha value is -1.59. The predicted octanol–water partition coefficient (Wildman–Crippen LogP) is 17.2. The van der Waals surface area contributed by atoms with Crippen molar-refractivity contribution in [1.29, 1.82) is 0 Å². The molecule has 6 heteroatoms. The van der Waals surface area contributed by atoms with E-state index in [0.29, 0.717) is 19.3 Å². The van der Waals surface area contributed by atoms with Crippen molar-refractivity contribution in [2.24, 2.45) is 17.8 Å². The summed E-state index contributed by atoms with van der Waals surface area (Å²) in [5.41, 5.74) is 0. The number of hydrogen-bond acceptors (Lipinski definition) is 6. The summed E-state index contributed by atoms with van der Waals surface area (Å²) in [7, 11) is 0. The number of esters is 3. The fraction of sp³-hybridized carbons (Fsp3) is 0.944. The van der Waals surface area contributed by atoms with E-state index in [1.165, 1.54) is 173 Å². The van der Waals surface area contributed by atoms with E-state index in [4.69, 9.17) is 14.2 Å². The fourth-order valence-corrected chi connectivity index (χ4v) is 8.05. The highest BCUT2D eigenvalue weighted by molar-refractivity contribution is 5.71. The number of carbonyl (C=O) groups excluding carboxylic acids is 3. The van der Waals surface area contributed by atoms with Gasteiger partial charge in [-0.1, -0.05) is 253 Å². The Morgan fingerprint density at radius 1 is 0.333 bits per heavy atom. The minimum Gasteiger partial charge on any atom is -0.462 e. The summed E-state index contributed by atoms with van der Waals surface area (Å²) in [6.07, 6.45) is 45.4. The van der Waals surface area contributed by atoms with E-state index in [2.05, 4.69) is 41.5 Å². The standard InChI is InChI=1S/C54H104O6/c1-7-49(5)41-35-29-23-19-17-15-13-11-9-10-12-14-16-18-20-24-31-37-43-52(55)58-46-51(60-54(57)45-39-33-27-26-30-36-42-50(6)8-2)47-59-53(56)44-38-32-25-21-22-28-34-40-48(3)4/h48-51H,7-47H2,1-6H3/t49?,50?,51-/m1/s1. The smallest absolute Gasteiger partial charge is 0.306 e. The molecule has 0 rings (SSSR count). The Kier molecular flexibility index (Phi) is 44.2. The molecular formula is C54H104O6. The molecule has 2 unspecified atom stereocenters. The van der Waals surface area contributed by atoms with Crippen LogP contribution in [0.25, 0.3) is 0 Å². The fourth-order valence-electron chi connectivity index (χ4n) is 8.05. The van der Waals surface area contributed by atoms with Crippen molar-refractivity contribution in [1.82, 2.24) is 0 Å². The Morgan fingerprint density at radius 2 is 0.583 bits per heavy atom. The van der Waals surface area contributed by atoms with E-state index >= 15 is 0 Å². The number of carbonyl (C=O) groups is 3. The molecule has 0 amide bonds. The maximum absolute atomic E-state index is 12.7. The summed E-state index contributed by atoms with van der Waals surface area (Å²) < 4.78 is 16.8. The molecule has 356 valence electrons. The first-order valence-electron chi connectivity index (χ1n) is 26.7. The molecule has 0 aliphatic heterocycles. The van der Waals surface area contributed by atoms with Crippen LogP contribution in [0.1, 0.15) is 292 Å². The molecule has 0 N–H and O–H groups in total. The summed E-state index contributed by atoms with van der Waals surface area (Å²) in [5, 5.41) is 0. The zero-order chi connectivity index (χ0) is 44.2. The molecule has 0 aliphatic rings. The Balaban J connectivity index is 4.16. The molecule has 0 radical (unpaired) electrons. The summed E-state index contributed by atoms with van der Waals surface area (Å²) in [4.78, 5) is 37.9. The Morgan fingerprint density at radius 3 is 0.867 bits per heavy atom. The largest absolute Gasteiger partial charge is 0.462 e. The molecule has 6 nitrogen and oxygen atoms in total. The third kappa shape index (κ3) is 44.5. The Labute approximate surface area is 374 Å². The van der Waals surface area contributed by atoms with Gasteiger partial charge in [-0.25, -0.2) is 0 Å². The van der Waals surface area contributed by atoms with Crippen LogP contribution in [0.2, 0.25) is 0 Å². The molecule has 0 aliphatic carbocycles. The minimum absolute atomic E-state index is 0.0659. The second-order valence-corrected chi connectivity index (χ2v) is 19.5. The van der Waals surface area contributed by atoms with Crippen molar-refractivity contribution in [3.8, 4) is 0 Å². The zero-order valence-electron chi connectivity index (χ0n) is 41.3. The molecule has 0 fully saturated rings. The molecule has 0 aromatic heterocycles. The van der Waals surface area contributed by atoms with Gasteiger partial charge in [0.25, 0.3) is 0 Å². The van der Waals surface area contributed by atoms with Crippen molar-refractivity contribution in [3.63, 3.8) is 0 Å². The third-order valence-electron chi connectivity index (χ3n) is 12.9. The lowest BCUT2D eigenvalue weighted by molar-refractivity contribution is -0.167. The van der Waals surface area contributed by atoms with Gasteiger partial charge in [-0.2, -0.15) is 0 Å². The second-order valence-electron chi connectivity index (χ2n) is 19.5. The van der Waals surface area contributed by atoms with E-state index in [9.17, 15) is 14.4 Å². The van der Waals surface area contributed by atoms with Crippen LogP contribution in [0.5, 0.6) is 0 Å². The second kappa shape index (κ2) is 45.4. The van der Waals surface area contributed by atoms with Gasteiger partial charge in [0.05, 0.1) is 0 Å². The summed E-state index contributed by atoms with van der Waals surface area (Å²) in [5.74, 6) is 1.64. The third-order valence-corrected chi connectivity index (χ3v) is 12.9. The molecular weight excluding hydrogens is 745 g/mol. The van der Waals surface area contributed by atoms with E-state index in [1.807, 2.05) is 0 Å². The van der Waals surface area contributed by atoms with E-state index in [0.717, 1.165) is 75.5 Å². The molecule has 0 saturated heterocycles. The summed E-state index contributed by atoms with van der Waals surface area (Å²) in [6.45, 7) is 13.7. The first-order chi connectivity index (χ1) is 29.2. The van der Waals surface area contributed by atoms with Crippen molar-refractivity contribution in [2.75, 3.05) is 13.2 Å². The average Bonchev–Trinajstić information content (AvgIpc) is 3.23. The van der Waals surface area contributed by atoms with Gasteiger partial charge in [0, 0.05) is 19.3 Å². The predicted molar refractivity (Wildman–Crippen MR) is 256 cm³/mol. The molecule has 3 atom stereocenters. The van der Waals surface area contributed by atoms with Crippen LogP contribution < -0.4 is 0 Å². The van der Waals surface area contributed by atoms with Crippen LogP contribution in [-0.2, 0) is 28.6 Å². The molecule has 0 aromatic carbocycles. The quantitative estimate of drug-likeness (QED) is 0.0345. The average molecular weight is 849 g/mol. The van der Waals surface area contributed by atoms with Crippen LogP contribution in [-0.4, -0.2) is 37.2 Å². The monoisotopic (exact) mass is 849 g/mol. The zero-order valence-corrected chi connectivity index (χ0v) is 41.3. The van der Waals surface area contributed by atoms with E-state index < -0.39 is 6.10 Å². The van der Waals surface area contributed by atoms with E-state index in [-0.39, 0.29) is 31.1 Å². The van der Waals surface area contributed by atoms with Gasteiger partial charge in [0.1, 0.15) is 13.2 Å². The molecule has 0 bridgehead atoms. The van der Waals surface area contributed by atoms with Gasteiger partial charge in [-0.3, -0.25) is 14.4 Å². The topological polar surface area (TPSA) is 78.9 Å². The summed E-state index contributed by atoms with van der Waals surface area (Å²) >= 11 is 0. The summed E-state index contributed by atoms with van der Waals surface area (Å²) in [6, 6.07) is 0. The van der Waals surface area contributed by atoms with Gasteiger partial charge >= 0.3 is 17.9 Å². The lowest BCUT2D eigenvalue weighted by Gasteiger charge is -2.18. The SMILES string of the molecule is CCC(C)CCCCCCCCCCCCCCCCCCCCC(=O)OC[C@H](COC(=O)CCCCCCCCCC(C)C)OC(=O)CCCCCCCCC(C)CC. The molecule has 0 spiro atoms. The van der Waals surface area contributed by atoms with Gasteiger partial charge in [0.2, 0.25) is 0 Å². The molecule has 60 heavy (non-hydrogen) atoms. The normalized spacial score (nSPS) is 13.1. The number of hydrogen-bond donors (Lipinski definition) is 0. The van der Waals surface area contributed by atoms with Crippen molar-refractivity contribution in [3.05, 3.63) is 0 Å². The lowest BCUT2D eigenvalue weighted by atomic mass is 9.99. The van der Waals surface area contributed by atoms with Crippen molar-refractivity contribution >= 4 is 17.9 Å². The minimum atomic E-state index is -0.763. The highest BCUT2D eigenvalue weighted by Gasteiger charge is 2.19. The van der Waals surface area contributed by atoms with Crippen LogP contribution in [0.15, 0.2) is 0 Å². The van der Waals surface area contributed by atoms with Crippen molar-refractivity contribution < 1.29 is 28.6 Å². The lowest BCUT2D eigenvalue weighted by Crippen LogP contribution is -2.30. The van der Waals surface area contributed by atoms with Crippen LogP contribution >= 0.6 is 0 Å². The number of rotatable bonds is 47. The van der Waals surface area contributed by atoms with Gasteiger partial charge in [-0.05, 0) is 37.0 Å². The van der Waals surface area contributed by atoms with Gasteiger partial charge < -0.3 is 14.2 Å². The number of unbranched alkanes of at least 4 members (excludes halogenated alkanes) is 28. The van der Waals surface area contributed by atoms with Crippen LogP contribution in [0.3, 0.4) is 0 Å². The molecule has 0 saturated carbocycles. The highest BCUT2D eigenvalue weighted by atomic mass is 16.6. The molecule has 0 aromatic rings. The van der Waals surface area contributed by atoms with Crippen LogP contribution in [0, 0.1) is 17.8 Å². The first kappa shape index (κ1) is 58.4. The first-order valence-corrected chi connectivity index (χ1v) is 26.7. The van der Waals surface area contributed by atoms with Crippen molar-refractivity contribution in [2.45, 2.75) is 298 Å². The highest BCUT2D eigenvalue weighted by Crippen LogP contribution is 2.18. The van der Waals surface area contributed by atoms with Gasteiger partial charge in [0.15, 0.2) is 6.10 Å². The maximum Gasteiger partial charge on any atom is 0.306 e. The Bertz CT molecular complexity index is 933.